The molecule has 0 radical (unpaired) electrons. The van der Waals surface area contributed by atoms with Crippen molar-refractivity contribution in [3.63, 3.8) is 0 Å². The summed E-state index contributed by atoms with van der Waals surface area (Å²) < 4.78 is 0. The topological polar surface area (TPSA) is 40.5 Å². The maximum Gasteiger partial charge on any atom is 0.0587 e. The summed E-state index contributed by atoms with van der Waals surface area (Å²) in [7, 11) is 0. The van der Waals surface area contributed by atoms with Gasteiger partial charge in [0.2, 0.25) is 0 Å². The van der Waals surface area contributed by atoms with Crippen LogP contribution in [0.2, 0.25) is 0 Å². The fraction of sp³-hybridized carbons (Fsp3) is 1.00. The molecule has 0 amide bonds. The van der Waals surface area contributed by atoms with Gasteiger partial charge in [-0.25, -0.2) is 0 Å². The summed E-state index contributed by atoms with van der Waals surface area (Å²) in [5, 5.41) is 17.8. The highest BCUT2D eigenvalue weighted by Gasteiger charge is 2.12. The van der Waals surface area contributed by atoms with Crippen molar-refractivity contribution in [3.8, 4) is 0 Å². The van der Waals surface area contributed by atoms with Crippen LogP contribution < -0.4 is 0 Å². The molecule has 0 fully saturated rings. The van der Waals surface area contributed by atoms with Crippen molar-refractivity contribution < 1.29 is 10.2 Å². The first-order valence-corrected chi connectivity index (χ1v) is 3.55. The van der Waals surface area contributed by atoms with Gasteiger partial charge in [-0.05, 0) is 12.8 Å². The second-order valence-electron chi connectivity index (χ2n) is 2.33. The molecule has 0 aliphatic rings. The van der Waals surface area contributed by atoms with E-state index in [1.54, 1.807) is 0 Å². The van der Waals surface area contributed by atoms with Crippen molar-refractivity contribution in [2.75, 3.05) is 6.61 Å². The molecule has 56 valence electrons. The fourth-order valence-corrected chi connectivity index (χ4v) is 0.856. The van der Waals surface area contributed by atoms with Crippen LogP contribution in [0.3, 0.4) is 0 Å². The molecular formula is C7H16O2. The molecule has 0 saturated carbocycles. The van der Waals surface area contributed by atoms with Crippen LogP contribution in [0.4, 0.5) is 0 Å². The standard InChI is InChI=1S/C7H16O2/c1-3-6(5-8)7(9)4-2/h6-9H,3-5H2,1-2H3/t6-,7+/m0/s1. The van der Waals surface area contributed by atoms with E-state index in [2.05, 4.69) is 0 Å². The Kier molecular flexibility index (Phi) is 4.72. The molecule has 0 aliphatic carbocycles. The van der Waals surface area contributed by atoms with Gasteiger partial charge in [0.25, 0.3) is 0 Å². The average Bonchev–Trinajstić information content (AvgIpc) is 1.90. The van der Waals surface area contributed by atoms with Gasteiger partial charge in [-0.15, -0.1) is 0 Å². The zero-order chi connectivity index (χ0) is 7.28. The number of hydrogen-bond acceptors (Lipinski definition) is 2. The molecule has 2 atom stereocenters. The second-order valence-corrected chi connectivity index (χ2v) is 2.33. The lowest BCUT2D eigenvalue weighted by Crippen LogP contribution is -2.21. The predicted octanol–water partition coefficient (Wildman–Crippen LogP) is 0.776. The van der Waals surface area contributed by atoms with Crippen molar-refractivity contribution in [1.29, 1.82) is 0 Å². The van der Waals surface area contributed by atoms with Crippen LogP contribution in [0.1, 0.15) is 26.7 Å². The SMILES string of the molecule is CC[C@@H](CO)[C@H](O)CC. The fourth-order valence-electron chi connectivity index (χ4n) is 0.856. The number of hydrogen-bond donors (Lipinski definition) is 2. The van der Waals surface area contributed by atoms with E-state index in [1.165, 1.54) is 0 Å². The molecule has 0 heterocycles. The van der Waals surface area contributed by atoms with Crippen LogP contribution in [-0.4, -0.2) is 22.9 Å². The van der Waals surface area contributed by atoms with Gasteiger partial charge < -0.3 is 10.2 Å². The van der Waals surface area contributed by atoms with E-state index in [4.69, 9.17) is 10.2 Å². The smallest absolute Gasteiger partial charge is 0.0587 e. The molecule has 0 aromatic heterocycles. The number of aliphatic hydroxyl groups is 2. The summed E-state index contributed by atoms with van der Waals surface area (Å²) in [6.07, 6.45) is 1.27. The third kappa shape index (κ3) is 2.82. The molecule has 0 aliphatic heterocycles. The van der Waals surface area contributed by atoms with Crippen molar-refractivity contribution >= 4 is 0 Å². The van der Waals surface area contributed by atoms with Crippen molar-refractivity contribution in [3.05, 3.63) is 0 Å². The lowest BCUT2D eigenvalue weighted by atomic mass is 9.99. The van der Waals surface area contributed by atoms with Crippen LogP contribution in [0, 0.1) is 5.92 Å². The first-order chi connectivity index (χ1) is 4.26. The Morgan fingerprint density at radius 1 is 1.22 bits per heavy atom. The van der Waals surface area contributed by atoms with Gasteiger partial charge in [-0.1, -0.05) is 13.8 Å². The van der Waals surface area contributed by atoms with E-state index >= 15 is 0 Å². The monoisotopic (exact) mass is 132 g/mol. The lowest BCUT2D eigenvalue weighted by Gasteiger charge is -2.16. The first kappa shape index (κ1) is 8.92. The highest BCUT2D eigenvalue weighted by atomic mass is 16.3. The first-order valence-electron chi connectivity index (χ1n) is 3.55. The van der Waals surface area contributed by atoms with Crippen molar-refractivity contribution in [2.45, 2.75) is 32.8 Å². The number of aliphatic hydroxyl groups excluding tert-OH is 2. The van der Waals surface area contributed by atoms with E-state index in [0.29, 0.717) is 0 Å². The van der Waals surface area contributed by atoms with Gasteiger partial charge in [0.05, 0.1) is 6.10 Å². The normalized spacial score (nSPS) is 17.3. The third-order valence-electron chi connectivity index (χ3n) is 1.72. The van der Waals surface area contributed by atoms with Gasteiger partial charge in [0.15, 0.2) is 0 Å². The van der Waals surface area contributed by atoms with Gasteiger partial charge in [0.1, 0.15) is 0 Å². The van der Waals surface area contributed by atoms with Crippen LogP contribution in [-0.2, 0) is 0 Å². The van der Waals surface area contributed by atoms with Crippen LogP contribution in [0.25, 0.3) is 0 Å². The molecule has 2 heteroatoms. The predicted molar refractivity (Wildman–Crippen MR) is 37.2 cm³/mol. The van der Waals surface area contributed by atoms with E-state index in [1.807, 2.05) is 13.8 Å². The second kappa shape index (κ2) is 4.77. The molecule has 0 bridgehead atoms. The minimum atomic E-state index is -0.319. The quantitative estimate of drug-likeness (QED) is 0.593. The molecule has 2 nitrogen and oxygen atoms in total. The van der Waals surface area contributed by atoms with Crippen LogP contribution in [0.15, 0.2) is 0 Å². The van der Waals surface area contributed by atoms with Crippen molar-refractivity contribution in [1.82, 2.24) is 0 Å². The highest BCUT2D eigenvalue weighted by Crippen LogP contribution is 2.09. The molecule has 0 aromatic rings. The van der Waals surface area contributed by atoms with Crippen molar-refractivity contribution in [2.24, 2.45) is 5.92 Å². The summed E-state index contributed by atoms with van der Waals surface area (Å²) in [5.41, 5.74) is 0. The average molecular weight is 132 g/mol. The Balaban J connectivity index is 3.50. The van der Waals surface area contributed by atoms with E-state index < -0.39 is 0 Å². The number of rotatable bonds is 4. The van der Waals surface area contributed by atoms with E-state index in [9.17, 15) is 0 Å². The molecular weight excluding hydrogens is 116 g/mol. The Morgan fingerprint density at radius 3 is 1.89 bits per heavy atom. The molecule has 0 unspecified atom stereocenters. The molecule has 0 saturated heterocycles. The summed E-state index contributed by atoms with van der Waals surface area (Å²) >= 11 is 0. The van der Waals surface area contributed by atoms with Gasteiger partial charge in [0, 0.05) is 12.5 Å². The summed E-state index contributed by atoms with van der Waals surface area (Å²) in [6, 6.07) is 0. The Hall–Kier alpha value is -0.0800. The van der Waals surface area contributed by atoms with Crippen LogP contribution >= 0.6 is 0 Å². The summed E-state index contributed by atoms with van der Waals surface area (Å²) in [4.78, 5) is 0. The van der Waals surface area contributed by atoms with Gasteiger partial charge in [-0.3, -0.25) is 0 Å². The Bertz CT molecular complexity index is 59.9. The molecule has 0 aromatic carbocycles. The maximum atomic E-state index is 9.16. The van der Waals surface area contributed by atoms with E-state index in [0.717, 1.165) is 12.8 Å². The molecule has 2 N–H and O–H groups in total. The largest absolute Gasteiger partial charge is 0.396 e. The lowest BCUT2D eigenvalue weighted by molar-refractivity contribution is 0.0625. The molecule has 9 heavy (non-hydrogen) atoms. The Morgan fingerprint density at radius 2 is 1.78 bits per heavy atom. The Labute approximate surface area is 56.5 Å². The summed E-state index contributed by atoms with van der Waals surface area (Å²) in [6.45, 7) is 3.99. The minimum absolute atomic E-state index is 0.0787. The molecule has 0 spiro atoms. The zero-order valence-corrected chi connectivity index (χ0v) is 6.17. The third-order valence-corrected chi connectivity index (χ3v) is 1.72. The minimum Gasteiger partial charge on any atom is -0.396 e. The van der Waals surface area contributed by atoms with Crippen LogP contribution in [0.5, 0.6) is 0 Å². The highest BCUT2D eigenvalue weighted by molar-refractivity contribution is 4.63. The van der Waals surface area contributed by atoms with Gasteiger partial charge >= 0.3 is 0 Å². The molecule has 0 rings (SSSR count). The van der Waals surface area contributed by atoms with E-state index in [-0.39, 0.29) is 18.6 Å². The maximum absolute atomic E-state index is 9.16. The summed E-state index contributed by atoms with van der Waals surface area (Å²) in [5.74, 6) is 0.0787. The van der Waals surface area contributed by atoms with Gasteiger partial charge in [-0.2, -0.15) is 0 Å². The zero-order valence-electron chi connectivity index (χ0n) is 6.17.